The lowest BCUT2D eigenvalue weighted by Gasteiger charge is -2.32. The van der Waals surface area contributed by atoms with Crippen LogP contribution >= 0.6 is 0 Å². The number of rotatable bonds is 3. The molecule has 2 aliphatic rings. The molecule has 1 saturated heterocycles. The van der Waals surface area contributed by atoms with Crippen molar-refractivity contribution in [2.75, 3.05) is 24.6 Å². The summed E-state index contributed by atoms with van der Waals surface area (Å²) in [5.74, 6) is -0.758. The van der Waals surface area contributed by atoms with E-state index in [0.717, 1.165) is 34.6 Å². The van der Waals surface area contributed by atoms with E-state index in [0.29, 0.717) is 11.1 Å². The van der Waals surface area contributed by atoms with Crippen molar-refractivity contribution in [3.8, 4) is 0 Å². The number of amides is 2. The summed E-state index contributed by atoms with van der Waals surface area (Å²) in [4.78, 5) is 32.9. The first-order valence-corrected chi connectivity index (χ1v) is 8.54. The molecule has 1 fully saturated rings. The van der Waals surface area contributed by atoms with Gasteiger partial charge < -0.3 is 4.90 Å². The Hall–Kier alpha value is -2.40. The highest BCUT2D eigenvalue weighted by Gasteiger charge is 2.34. The van der Waals surface area contributed by atoms with Crippen LogP contribution in [0.25, 0.3) is 10.8 Å². The SMILES string of the molecule is CCON1C(=O)c2cccc3c(N4CCCCC4)ccc(c23)C1=O. The molecule has 2 amide bonds. The number of carbonyl (C=O) groups is 2. The third-order valence-corrected chi connectivity index (χ3v) is 4.80. The van der Waals surface area contributed by atoms with E-state index in [4.69, 9.17) is 4.84 Å². The highest BCUT2D eigenvalue weighted by molar-refractivity contribution is 6.26. The quantitative estimate of drug-likeness (QED) is 0.812. The maximum atomic E-state index is 12.7. The van der Waals surface area contributed by atoms with Crippen LogP contribution in [0.2, 0.25) is 0 Å². The zero-order valence-corrected chi connectivity index (χ0v) is 13.7. The molecule has 0 atom stereocenters. The summed E-state index contributed by atoms with van der Waals surface area (Å²) in [7, 11) is 0. The van der Waals surface area contributed by atoms with Gasteiger partial charge in [-0.15, -0.1) is 5.06 Å². The number of carbonyl (C=O) groups excluding carboxylic acids is 2. The van der Waals surface area contributed by atoms with Crippen LogP contribution in [0, 0.1) is 0 Å². The fourth-order valence-electron chi connectivity index (χ4n) is 3.72. The molecule has 0 radical (unpaired) electrons. The lowest BCUT2D eigenvalue weighted by Crippen LogP contribution is -2.40. The lowest BCUT2D eigenvalue weighted by atomic mass is 9.93. The van der Waals surface area contributed by atoms with E-state index in [1.54, 1.807) is 13.0 Å². The second-order valence-electron chi connectivity index (χ2n) is 6.23. The molecule has 24 heavy (non-hydrogen) atoms. The molecular weight excluding hydrogens is 304 g/mol. The molecule has 2 aromatic rings. The summed E-state index contributed by atoms with van der Waals surface area (Å²) >= 11 is 0. The number of hydrogen-bond acceptors (Lipinski definition) is 4. The lowest BCUT2D eigenvalue weighted by molar-refractivity contribution is -0.0903. The third-order valence-electron chi connectivity index (χ3n) is 4.80. The smallest absolute Gasteiger partial charge is 0.285 e. The largest absolute Gasteiger partial charge is 0.371 e. The first-order valence-electron chi connectivity index (χ1n) is 8.54. The van der Waals surface area contributed by atoms with E-state index in [2.05, 4.69) is 4.90 Å². The minimum Gasteiger partial charge on any atom is -0.371 e. The molecule has 2 heterocycles. The molecule has 0 unspecified atom stereocenters. The maximum absolute atomic E-state index is 12.7. The Morgan fingerprint density at radius 2 is 1.67 bits per heavy atom. The van der Waals surface area contributed by atoms with Gasteiger partial charge in [0, 0.05) is 29.5 Å². The first-order chi connectivity index (χ1) is 11.7. The van der Waals surface area contributed by atoms with Gasteiger partial charge in [0.25, 0.3) is 11.8 Å². The van der Waals surface area contributed by atoms with Gasteiger partial charge in [0.1, 0.15) is 0 Å². The van der Waals surface area contributed by atoms with Gasteiger partial charge in [-0.05, 0) is 44.4 Å². The molecule has 5 nitrogen and oxygen atoms in total. The number of anilines is 1. The van der Waals surface area contributed by atoms with Crippen LogP contribution in [0.3, 0.4) is 0 Å². The standard InChI is InChI=1S/C19H20N2O3/c1-2-24-21-18(22)14-8-6-7-13-16(20-11-4-3-5-12-20)10-9-15(17(13)14)19(21)23/h6-10H,2-5,11-12H2,1H3. The average Bonchev–Trinajstić information content (AvgIpc) is 2.63. The van der Waals surface area contributed by atoms with Crippen LogP contribution in [0.4, 0.5) is 5.69 Å². The monoisotopic (exact) mass is 324 g/mol. The number of imide groups is 1. The van der Waals surface area contributed by atoms with E-state index in [1.165, 1.54) is 19.3 Å². The number of hydroxylamine groups is 2. The van der Waals surface area contributed by atoms with E-state index < -0.39 is 0 Å². The van der Waals surface area contributed by atoms with Crippen molar-refractivity contribution in [3.63, 3.8) is 0 Å². The molecule has 4 rings (SSSR count). The molecule has 0 saturated carbocycles. The van der Waals surface area contributed by atoms with E-state index in [1.807, 2.05) is 24.3 Å². The van der Waals surface area contributed by atoms with Crippen LogP contribution in [0.15, 0.2) is 30.3 Å². The fraction of sp³-hybridized carbons (Fsp3) is 0.368. The fourth-order valence-corrected chi connectivity index (χ4v) is 3.72. The molecule has 0 N–H and O–H groups in total. The normalized spacial score (nSPS) is 17.7. The molecule has 0 spiro atoms. The number of hydrogen-bond donors (Lipinski definition) is 0. The zero-order valence-electron chi connectivity index (χ0n) is 13.7. The Labute approximate surface area is 140 Å². The minimum absolute atomic E-state index is 0.272. The van der Waals surface area contributed by atoms with Crippen molar-refractivity contribution >= 4 is 28.3 Å². The summed E-state index contributed by atoms with van der Waals surface area (Å²) in [5, 5.41) is 2.62. The molecule has 0 aliphatic carbocycles. The van der Waals surface area contributed by atoms with Crippen molar-refractivity contribution in [2.45, 2.75) is 26.2 Å². The summed E-state index contributed by atoms with van der Waals surface area (Å²) in [6.45, 7) is 4.07. The van der Waals surface area contributed by atoms with Gasteiger partial charge in [0.2, 0.25) is 0 Å². The molecule has 2 aromatic carbocycles. The minimum atomic E-state index is -0.379. The highest BCUT2D eigenvalue weighted by Crippen LogP contribution is 2.36. The Kier molecular flexibility index (Phi) is 3.73. The van der Waals surface area contributed by atoms with Gasteiger partial charge in [-0.3, -0.25) is 14.4 Å². The maximum Gasteiger partial charge on any atom is 0.285 e. The van der Waals surface area contributed by atoms with Crippen LogP contribution in [0.1, 0.15) is 46.9 Å². The predicted octanol–water partition coefficient (Wildman–Crippen LogP) is 3.38. The Morgan fingerprint density at radius 3 is 2.38 bits per heavy atom. The third kappa shape index (κ3) is 2.19. The predicted molar refractivity (Wildman–Crippen MR) is 92.1 cm³/mol. The van der Waals surface area contributed by atoms with Crippen molar-refractivity contribution in [2.24, 2.45) is 0 Å². The first kappa shape index (κ1) is 15.1. The summed E-state index contributed by atoms with van der Waals surface area (Å²) in [5.41, 5.74) is 2.18. The van der Waals surface area contributed by atoms with Crippen molar-refractivity contribution in [1.82, 2.24) is 5.06 Å². The van der Waals surface area contributed by atoms with Gasteiger partial charge in [0.05, 0.1) is 17.7 Å². The van der Waals surface area contributed by atoms with Gasteiger partial charge >= 0.3 is 0 Å². The molecule has 2 aliphatic heterocycles. The summed E-state index contributed by atoms with van der Waals surface area (Å²) < 4.78 is 0. The number of piperidine rings is 1. The van der Waals surface area contributed by atoms with Gasteiger partial charge in [-0.1, -0.05) is 12.1 Å². The van der Waals surface area contributed by atoms with Crippen molar-refractivity contribution in [3.05, 3.63) is 41.5 Å². The molecular formula is C19H20N2O3. The molecule has 0 aromatic heterocycles. The number of nitrogens with zero attached hydrogens (tertiary/aromatic N) is 2. The van der Waals surface area contributed by atoms with Crippen LogP contribution in [0.5, 0.6) is 0 Å². The zero-order chi connectivity index (χ0) is 16.7. The molecule has 5 heteroatoms. The average molecular weight is 324 g/mol. The Balaban J connectivity index is 1.90. The van der Waals surface area contributed by atoms with Crippen molar-refractivity contribution in [1.29, 1.82) is 0 Å². The summed E-state index contributed by atoms with van der Waals surface area (Å²) in [6, 6.07) is 9.49. The van der Waals surface area contributed by atoms with E-state index in [-0.39, 0.29) is 18.4 Å². The van der Waals surface area contributed by atoms with E-state index >= 15 is 0 Å². The van der Waals surface area contributed by atoms with Gasteiger partial charge in [-0.25, -0.2) is 0 Å². The molecule has 124 valence electrons. The van der Waals surface area contributed by atoms with E-state index in [9.17, 15) is 9.59 Å². The topological polar surface area (TPSA) is 49.9 Å². The van der Waals surface area contributed by atoms with Crippen molar-refractivity contribution < 1.29 is 14.4 Å². The van der Waals surface area contributed by atoms with Crippen LogP contribution < -0.4 is 4.90 Å². The number of benzene rings is 2. The second-order valence-corrected chi connectivity index (χ2v) is 6.23. The second kappa shape index (κ2) is 5.91. The Bertz CT molecular complexity index is 802. The molecule has 0 bridgehead atoms. The van der Waals surface area contributed by atoms with Crippen LogP contribution in [-0.4, -0.2) is 36.6 Å². The van der Waals surface area contributed by atoms with Gasteiger partial charge in [0.15, 0.2) is 0 Å². The highest BCUT2D eigenvalue weighted by atomic mass is 16.7. The van der Waals surface area contributed by atoms with Crippen LogP contribution in [-0.2, 0) is 4.84 Å². The summed E-state index contributed by atoms with van der Waals surface area (Å²) in [6.07, 6.45) is 3.62. The Morgan fingerprint density at radius 1 is 0.958 bits per heavy atom. The van der Waals surface area contributed by atoms with Gasteiger partial charge in [-0.2, -0.15) is 0 Å².